The third-order valence-corrected chi connectivity index (χ3v) is 2.58. The van der Waals surface area contributed by atoms with Gasteiger partial charge in [-0.3, -0.25) is 9.58 Å². The predicted molar refractivity (Wildman–Crippen MR) is 65.1 cm³/mol. The number of rotatable bonds is 7. The lowest BCUT2D eigenvalue weighted by Crippen LogP contribution is -2.27. The molecule has 0 atom stereocenters. The highest BCUT2D eigenvalue weighted by molar-refractivity contribution is 5.10. The lowest BCUT2D eigenvalue weighted by molar-refractivity contribution is 0.200. The van der Waals surface area contributed by atoms with Crippen molar-refractivity contribution in [3.8, 4) is 0 Å². The van der Waals surface area contributed by atoms with Crippen molar-refractivity contribution in [2.24, 2.45) is 7.05 Å². The Morgan fingerprint density at radius 1 is 1.62 bits per heavy atom. The van der Waals surface area contributed by atoms with Crippen LogP contribution in [0.4, 0.5) is 0 Å². The van der Waals surface area contributed by atoms with Crippen molar-refractivity contribution in [2.75, 3.05) is 19.7 Å². The number of aryl methyl sites for hydroxylation is 2. The summed E-state index contributed by atoms with van der Waals surface area (Å²) in [5.74, 6) is 0. The second-order valence-electron chi connectivity index (χ2n) is 3.85. The molecule has 0 bridgehead atoms. The average Bonchev–Trinajstić information content (AvgIpc) is 2.60. The van der Waals surface area contributed by atoms with Crippen LogP contribution in [0.5, 0.6) is 0 Å². The van der Waals surface area contributed by atoms with Gasteiger partial charge < -0.3 is 5.11 Å². The van der Waals surface area contributed by atoms with Gasteiger partial charge in [-0.25, -0.2) is 0 Å². The fraction of sp³-hybridized carbons (Fsp3) is 0.583. The topological polar surface area (TPSA) is 41.3 Å². The van der Waals surface area contributed by atoms with Gasteiger partial charge in [-0.05, 0) is 12.5 Å². The molecule has 0 aliphatic heterocycles. The van der Waals surface area contributed by atoms with Crippen molar-refractivity contribution in [2.45, 2.75) is 19.9 Å². The number of hydrogen-bond donors (Lipinski definition) is 1. The van der Waals surface area contributed by atoms with Crippen molar-refractivity contribution in [3.05, 3.63) is 30.1 Å². The molecule has 1 N–H and O–H groups in total. The van der Waals surface area contributed by atoms with Crippen molar-refractivity contribution >= 4 is 0 Å². The molecular weight excluding hydrogens is 202 g/mol. The van der Waals surface area contributed by atoms with E-state index in [-0.39, 0.29) is 6.61 Å². The van der Waals surface area contributed by atoms with E-state index in [9.17, 15) is 0 Å². The highest BCUT2D eigenvalue weighted by atomic mass is 16.3. The summed E-state index contributed by atoms with van der Waals surface area (Å²) in [7, 11) is 1.96. The van der Waals surface area contributed by atoms with E-state index in [0.717, 1.165) is 25.2 Å². The molecule has 0 radical (unpaired) electrons. The number of nitrogens with zero attached hydrogens (tertiary/aromatic N) is 3. The van der Waals surface area contributed by atoms with Crippen LogP contribution >= 0.6 is 0 Å². The summed E-state index contributed by atoms with van der Waals surface area (Å²) in [5, 5.41) is 13.4. The summed E-state index contributed by atoms with van der Waals surface area (Å²) >= 11 is 0. The Morgan fingerprint density at radius 3 is 2.88 bits per heavy atom. The normalized spacial score (nSPS) is 11.0. The van der Waals surface area contributed by atoms with Crippen LogP contribution in [0.25, 0.3) is 0 Å². The molecule has 0 fully saturated rings. The van der Waals surface area contributed by atoms with Crippen LogP contribution in [0.15, 0.2) is 18.7 Å². The van der Waals surface area contributed by atoms with Crippen LogP contribution in [-0.4, -0.2) is 39.5 Å². The van der Waals surface area contributed by atoms with E-state index < -0.39 is 0 Å². The number of aliphatic hydroxyl groups is 1. The van der Waals surface area contributed by atoms with Crippen LogP contribution in [0.3, 0.4) is 0 Å². The van der Waals surface area contributed by atoms with E-state index in [1.165, 1.54) is 5.69 Å². The molecule has 0 saturated heterocycles. The molecule has 4 heteroatoms. The maximum absolute atomic E-state index is 8.96. The summed E-state index contributed by atoms with van der Waals surface area (Å²) < 4.78 is 1.91. The van der Waals surface area contributed by atoms with Gasteiger partial charge in [-0.1, -0.05) is 13.0 Å². The monoisotopic (exact) mass is 223 g/mol. The minimum atomic E-state index is 0.173. The maximum atomic E-state index is 8.96. The zero-order chi connectivity index (χ0) is 12.0. The van der Waals surface area contributed by atoms with E-state index in [1.807, 2.05) is 17.8 Å². The lowest BCUT2D eigenvalue weighted by Gasteiger charge is -2.19. The molecule has 0 spiro atoms. The van der Waals surface area contributed by atoms with Gasteiger partial charge in [0.05, 0.1) is 18.0 Å². The van der Waals surface area contributed by atoms with Gasteiger partial charge in [0.25, 0.3) is 0 Å². The highest BCUT2D eigenvalue weighted by Gasteiger charge is 2.08. The summed E-state index contributed by atoms with van der Waals surface area (Å²) in [6.07, 6.45) is 2.81. The van der Waals surface area contributed by atoms with E-state index in [0.29, 0.717) is 6.54 Å². The molecule has 1 aromatic heterocycles. The van der Waals surface area contributed by atoms with Crippen LogP contribution in [0.2, 0.25) is 0 Å². The summed E-state index contributed by atoms with van der Waals surface area (Å²) in [5.41, 5.74) is 2.28. The molecule has 1 rings (SSSR count). The van der Waals surface area contributed by atoms with E-state index in [1.54, 1.807) is 0 Å². The van der Waals surface area contributed by atoms with E-state index in [4.69, 9.17) is 5.11 Å². The van der Waals surface area contributed by atoms with Gasteiger partial charge >= 0.3 is 0 Å². The SMILES string of the molecule is C=CCN(CCO)Cc1cc(CC)nn1C. The summed E-state index contributed by atoms with van der Waals surface area (Å²) in [4.78, 5) is 2.14. The molecule has 1 heterocycles. The molecule has 0 aliphatic rings. The van der Waals surface area contributed by atoms with Crippen molar-refractivity contribution in [1.29, 1.82) is 0 Å². The second-order valence-corrected chi connectivity index (χ2v) is 3.85. The van der Waals surface area contributed by atoms with E-state index >= 15 is 0 Å². The molecular formula is C12H21N3O. The van der Waals surface area contributed by atoms with E-state index in [2.05, 4.69) is 29.6 Å². The molecule has 0 aromatic carbocycles. The standard InChI is InChI=1S/C12H21N3O/c1-4-6-15(7-8-16)10-12-9-11(5-2)13-14(12)3/h4,9,16H,1,5-8,10H2,2-3H3. The zero-order valence-corrected chi connectivity index (χ0v) is 10.2. The second kappa shape index (κ2) is 6.45. The molecule has 0 amide bonds. The molecule has 0 aliphatic carbocycles. The fourth-order valence-corrected chi connectivity index (χ4v) is 1.68. The Labute approximate surface area is 97.2 Å². The predicted octanol–water partition coefficient (Wildman–Crippen LogP) is 0.963. The van der Waals surface area contributed by atoms with Crippen LogP contribution in [0.1, 0.15) is 18.3 Å². The van der Waals surface area contributed by atoms with Crippen LogP contribution in [0, 0.1) is 0 Å². The average molecular weight is 223 g/mol. The molecule has 4 nitrogen and oxygen atoms in total. The Hall–Kier alpha value is -1.13. The van der Waals surface area contributed by atoms with Gasteiger partial charge in [0.2, 0.25) is 0 Å². The molecule has 90 valence electrons. The Bertz CT molecular complexity index is 333. The first kappa shape index (κ1) is 12.9. The van der Waals surface area contributed by atoms with Gasteiger partial charge in [-0.2, -0.15) is 5.10 Å². The number of aliphatic hydroxyl groups excluding tert-OH is 1. The third kappa shape index (κ3) is 3.47. The van der Waals surface area contributed by atoms with Crippen molar-refractivity contribution < 1.29 is 5.11 Å². The van der Waals surface area contributed by atoms with Gasteiger partial charge in [0.15, 0.2) is 0 Å². The fourth-order valence-electron chi connectivity index (χ4n) is 1.68. The minimum Gasteiger partial charge on any atom is -0.395 e. The first-order chi connectivity index (χ1) is 7.71. The molecule has 16 heavy (non-hydrogen) atoms. The Balaban J connectivity index is 2.67. The summed E-state index contributed by atoms with van der Waals surface area (Å²) in [6.45, 7) is 8.25. The third-order valence-electron chi connectivity index (χ3n) is 2.58. The lowest BCUT2D eigenvalue weighted by atomic mass is 10.3. The van der Waals surface area contributed by atoms with Gasteiger partial charge in [-0.15, -0.1) is 6.58 Å². The summed E-state index contributed by atoms with van der Waals surface area (Å²) in [6, 6.07) is 2.12. The first-order valence-corrected chi connectivity index (χ1v) is 5.67. The van der Waals surface area contributed by atoms with Gasteiger partial charge in [0.1, 0.15) is 0 Å². The zero-order valence-electron chi connectivity index (χ0n) is 10.2. The highest BCUT2D eigenvalue weighted by Crippen LogP contribution is 2.07. The largest absolute Gasteiger partial charge is 0.395 e. The molecule has 0 unspecified atom stereocenters. The Kier molecular flexibility index (Phi) is 5.22. The first-order valence-electron chi connectivity index (χ1n) is 5.67. The maximum Gasteiger partial charge on any atom is 0.0625 e. The van der Waals surface area contributed by atoms with Crippen LogP contribution < -0.4 is 0 Å². The van der Waals surface area contributed by atoms with Crippen molar-refractivity contribution in [1.82, 2.24) is 14.7 Å². The molecule has 0 saturated carbocycles. The molecule has 1 aromatic rings. The minimum absolute atomic E-state index is 0.173. The number of aromatic nitrogens is 2. The quantitative estimate of drug-likeness (QED) is 0.700. The number of hydrogen-bond acceptors (Lipinski definition) is 3. The smallest absolute Gasteiger partial charge is 0.0625 e. The van der Waals surface area contributed by atoms with Crippen molar-refractivity contribution in [3.63, 3.8) is 0 Å². The Morgan fingerprint density at radius 2 is 2.38 bits per heavy atom. The van der Waals surface area contributed by atoms with Crippen LogP contribution in [-0.2, 0) is 20.0 Å². The van der Waals surface area contributed by atoms with Gasteiger partial charge in [0, 0.05) is 26.7 Å².